The molecule has 1 unspecified atom stereocenters. The molecule has 0 radical (unpaired) electrons. The molecule has 0 bridgehead atoms. The van der Waals surface area contributed by atoms with Crippen molar-refractivity contribution >= 4 is 10.8 Å². The number of hydrogen-bond acceptors (Lipinski definition) is 4. The quantitative estimate of drug-likeness (QED) is 0.276. The van der Waals surface area contributed by atoms with E-state index in [1.807, 2.05) is 43.3 Å². The van der Waals surface area contributed by atoms with E-state index in [0.717, 1.165) is 23.1 Å². The van der Waals surface area contributed by atoms with Crippen LogP contribution < -0.4 is 5.32 Å². The van der Waals surface area contributed by atoms with Crippen molar-refractivity contribution in [3.8, 4) is 17.2 Å². The Bertz CT molecular complexity index is 1340. The van der Waals surface area contributed by atoms with Gasteiger partial charge in [0.2, 0.25) is 0 Å². The normalized spacial score (nSPS) is 13.3. The summed E-state index contributed by atoms with van der Waals surface area (Å²) < 4.78 is 6.09. The highest BCUT2D eigenvalue weighted by atomic mass is 16.5. The summed E-state index contributed by atoms with van der Waals surface area (Å²) in [6.45, 7) is 7.01. The molecule has 2 N–H and O–H groups in total. The van der Waals surface area contributed by atoms with Crippen LogP contribution in [0.25, 0.3) is 21.9 Å². The lowest BCUT2D eigenvalue weighted by atomic mass is 9.93. The Labute approximate surface area is 214 Å². The summed E-state index contributed by atoms with van der Waals surface area (Å²) in [5.41, 5.74) is 4.90. The van der Waals surface area contributed by atoms with Gasteiger partial charge in [0.15, 0.2) is 0 Å². The Balaban J connectivity index is 1.31. The standard InChI is InChI=1S/C32H34N2O2/c1-23(30-10-6-7-11-31(30)27-16-12-24(20-33)13-17-27)36-22-29(35)21-34-32(2,3)19-25-14-15-26-8-4-5-9-28(26)18-25/h4-18,23,29,34-35H,19,21-22H2,1-3H3/t23?,29-/m0/s1. The van der Waals surface area contributed by atoms with Gasteiger partial charge in [-0.2, -0.15) is 5.26 Å². The highest BCUT2D eigenvalue weighted by molar-refractivity contribution is 5.83. The van der Waals surface area contributed by atoms with Crippen molar-refractivity contribution in [1.82, 2.24) is 5.32 Å². The van der Waals surface area contributed by atoms with Crippen LogP contribution in [0.4, 0.5) is 0 Å². The topological polar surface area (TPSA) is 65.3 Å². The molecule has 4 aromatic carbocycles. The zero-order valence-corrected chi connectivity index (χ0v) is 21.2. The Morgan fingerprint density at radius 3 is 2.36 bits per heavy atom. The maximum Gasteiger partial charge on any atom is 0.0991 e. The number of fused-ring (bicyclic) bond motifs is 1. The molecule has 184 valence electrons. The molecule has 0 saturated heterocycles. The molecule has 0 aromatic heterocycles. The van der Waals surface area contributed by atoms with Gasteiger partial charge in [-0.15, -0.1) is 0 Å². The maximum absolute atomic E-state index is 10.6. The average Bonchev–Trinajstić information content (AvgIpc) is 2.90. The van der Waals surface area contributed by atoms with Gasteiger partial charge in [0, 0.05) is 12.1 Å². The number of nitriles is 1. The second-order valence-corrected chi connectivity index (χ2v) is 10.0. The minimum atomic E-state index is -0.620. The predicted molar refractivity (Wildman–Crippen MR) is 147 cm³/mol. The minimum Gasteiger partial charge on any atom is -0.389 e. The van der Waals surface area contributed by atoms with E-state index in [4.69, 9.17) is 10.00 Å². The molecule has 2 atom stereocenters. The summed E-state index contributed by atoms with van der Waals surface area (Å²) in [5, 5.41) is 25.7. The summed E-state index contributed by atoms with van der Waals surface area (Å²) >= 11 is 0. The van der Waals surface area contributed by atoms with Crippen LogP contribution in [0.1, 0.15) is 43.6 Å². The van der Waals surface area contributed by atoms with E-state index in [1.54, 1.807) is 0 Å². The smallest absolute Gasteiger partial charge is 0.0991 e. The molecule has 4 aromatic rings. The van der Waals surface area contributed by atoms with E-state index in [2.05, 4.69) is 79.8 Å². The van der Waals surface area contributed by atoms with Crippen LogP contribution in [0.5, 0.6) is 0 Å². The summed E-state index contributed by atoms with van der Waals surface area (Å²) in [7, 11) is 0. The van der Waals surface area contributed by atoms with Gasteiger partial charge in [0.1, 0.15) is 0 Å². The molecule has 0 heterocycles. The number of nitrogens with zero attached hydrogens (tertiary/aromatic N) is 1. The molecular weight excluding hydrogens is 444 g/mol. The zero-order chi connectivity index (χ0) is 25.5. The molecule has 0 aliphatic carbocycles. The van der Waals surface area contributed by atoms with Crippen LogP contribution in [0.2, 0.25) is 0 Å². The molecule has 0 amide bonds. The molecule has 4 heteroatoms. The minimum absolute atomic E-state index is 0.169. The second kappa shape index (κ2) is 11.5. The number of rotatable bonds is 10. The third-order valence-corrected chi connectivity index (χ3v) is 6.54. The molecule has 0 fully saturated rings. The van der Waals surface area contributed by atoms with Crippen molar-refractivity contribution in [2.75, 3.05) is 13.2 Å². The van der Waals surface area contributed by atoms with E-state index in [0.29, 0.717) is 12.1 Å². The van der Waals surface area contributed by atoms with E-state index in [9.17, 15) is 5.11 Å². The predicted octanol–water partition coefficient (Wildman–Crippen LogP) is 6.43. The van der Waals surface area contributed by atoms with E-state index in [1.165, 1.54) is 16.3 Å². The van der Waals surface area contributed by atoms with Gasteiger partial charge in [-0.1, -0.05) is 78.9 Å². The van der Waals surface area contributed by atoms with Crippen molar-refractivity contribution in [3.05, 3.63) is 108 Å². The zero-order valence-electron chi connectivity index (χ0n) is 21.2. The van der Waals surface area contributed by atoms with Gasteiger partial charge in [0.25, 0.3) is 0 Å². The SMILES string of the molecule is CC(OC[C@@H](O)CNC(C)(C)Cc1ccc2ccccc2c1)c1ccccc1-c1ccc(C#N)cc1. The van der Waals surface area contributed by atoms with Crippen molar-refractivity contribution in [2.45, 2.75) is 44.9 Å². The van der Waals surface area contributed by atoms with Crippen LogP contribution in [0.15, 0.2) is 91.0 Å². The first-order valence-corrected chi connectivity index (χ1v) is 12.5. The fourth-order valence-corrected chi connectivity index (χ4v) is 4.56. The third kappa shape index (κ3) is 6.59. The number of aliphatic hydroxyl groups excluding tert-OH is 1. The summed E-state index contributed by atoms with van der Waals surface area (Å²) in [4.78, 5) is 0. The first-order chi connectivity index (χ1) is 17.3. The molecule has 0 aliphatic rings. The van der Waals surface area contributed by atoms with E-state index in [-0.39, 0.29) is 18.2 Å². The molecular formula is C32H34N2O2. The van der Waals surface area contributed by atoms with Gasteiger partial charge >= 0.3 is 0 Å². The molecule has 4 rings (SSSR count). The Kier molecular flexibility index (Phi) is 8.18. The van der Waals surface area contributed by atoms with Crippen LogP contribution in [0, 0.1) is 11.3 Å². The van der Waals surface area contributed by atoms with Gasteiger partial charge in [-0.25, -0.2) is 0 Å². The van der Waals surface area contributed by atoms with E-state index >= 15 is 0 Å². The number of aliphatic hydroxyl groups is 1. The monoisotopic (exact) mass is 478 g/mol. The van der Waals surface area contributed by atoms with Gasteiger partial charge < -0.3 is 15.2 Å². The van der Waals surface area contributed by atoms with Gasteiger partial charge in [-0.3, -0.25) is 0 Å². The fraction of sp³-hybridized carbons (Fsp3) is 0.281. The Morgan fingerprint density at radius 1 is 0.917 bits per heavy atom. The number of nitrogens with one attached hydrogen (secondary N) is 1. The molecule has 0 spiro atoms. The second-order valence-electron chi connectivity index (χ2n) is 10.0. The largest absolute Gasteiger partial charge is 0.389 e. The maximum atomic E-state index is 10.6. The number of ether oxygens (including phenoxy) is 1. The molecule has 4 nitrogen and oxygen atoms in total. The van der Waals surface area contributed by atoms with Crippen LogP contribution in [-0.4, -0.2) is 29.9 Å². The first kappa shape index (κ1) is 25.6. The fourth-order valence-electron chi connectivity index (χ4n) is 4.56. The number of β-amino-alcohol motifs (C(OH)–C–C–N with tert-alkyl or cyclic N) is 1. The number of hydrogen-bond donors (Lipinski definition) is 2. The van der Waals surface area contributed by atoms with Crippen LogP contribution in [-0.2, 0) is 11.2 Å². The average molecular weight is 479 g/mol. The van der Waals surface area contributed by atoms with Gasteiger partial charge in [0.05, 0.1) is 30.4 Å². The molecule has 0 aliphatic heterocycles. The van der Waals surface area contributed by atoms with Crippen molar-refractivity contribution < 1.29 is 9.84 Å². The van der Waals surface area contributed by atoms with Crippen LogP contribution in [0.3, 0.4) is 0 Å². The number of benzene rings is 4. The summed E-state index contributed by atoms with van der Waals surface area (Å²) in [6, 6.07) is 32.8. The van der Waals surface area contributed by atoms with Crippen molar-refractivity contribution in [2.24, 2.45) is 0 Å². The molecule has 0 saturated carbocycles. The Hall–Kier alpha value is -3.49. The highest BCUT2D eigenvalue weighted by Gasteiger charge is 2.20. The van der Waals surface area contributed by atoms with Crippen molar-refractivity contribution in [3.63, 3.8) is 0 Å². The van der Waals surface area contributed by atoms with E-state index < -0.39 is 6.10 Å². The van der Waals surface area contributed by atoms with Gasteiger partial charge in [-0.05, 0) is 72.4 Å². The summed E-state index contributed by atoms with van der Waals surface area (Å²) in [5.74, 6) is 0. The summed E-state index contributed by atoms with van der Waals surface area (Å²) in [6.07, 6.45) is 0.0577. The lowest BCUT2D eigenvalue weighted by molar-refractivity contribution is -0.00397. The molecule has 36 heavy (non-hydrogen) atoms. The van der Waals surface area contributed by atoms with Crippen LogP contribution >= 0.6 is 0 Å². The Morgan fingerprint density at radius 2 is 1.61 bits per heavy atom. The highest BCUT2D eigenvalue weighted by Crippen LogP contribution is 2.30. The van der Waals surface area contributed by atoms with Crippen molar-refractivity contribution in [1.29, 1.82) is 5.26 Å². The lowest BCUT2D eigenvalue weighted by Gasteiger charge is -2.28. The first-order valence-electron chi connectivity index (χ1n) is 12.5. The third-order valence-electron chi connectivity index (χ3n) is 6.54. The lowest BCUT2D eigenvalue weighted by Crippen LogP contribution is -2.46.